The minimum Gasteiger partial charge on any atom is -0.311 e. The lowest BCUT2D eigenvalue weighted by Gasteiger charge is -2.23. The summed E-state index contributed by atoms with van der Waals surface area (Å²) in [6.07, 6.45) is -2.72. The Balaban J connectivity index is 2.01. The average Bonchev–Trinajstić information content (AvgIpc) is 2.68. The number of rotatable bonds is 7. The highest BCUT2D eigenvalue weighted by atomic mass is 32.2. The molecule has 0 fully saturated rings. The Morgan fingerprint density at radius 1 is 1.03 bits per heavy atom. The van der Waals surface area contributed by atoms with Gasteiger partial charge in [0, 0.05) is 23.3 Å². The number of halogens is 3. The van der Waals surface area contributed by atoms with Crippen LogP contribution in [-0.4, -0.2) is 16.5 Å². The van der Waals surface area contributed by atoms with Crippen molar-refractivity contribution >= 4 is 23.4 Å². The van der Waals surface area contributed by atoms with Crippen molar-refractivity contribution in [3.8, 4) is 0 Å². The number of hydrogen-bond donors (Lipinski definition) is 0. The molecule has 158 valence electrons. The van der Waals surface area contributed by atoms with Crippen molar-refractivity contribution in [1.82, 2.24) is 9.97 Å². The molecule has 0 unspecified atom stereocenters. The van der Waals surface area contributed by atoms with Gasteiger partial charge in [-0.05, 0) is 49.1 Å². The van der Waals surface area contributed by atoms with Crippen LogP contribution in [0.25, 0.3) is 0 Å². The van der Waals surface area contributed by atoms with E-state index in [2.05, 4.69) is 35.9 Å². The van der Waals surface area contributed by atoms with E-state index >= 15 is 0 Å². The zero-order valence-electron chi connectivity index (χ0n) is 17.1. The summed E-state index contributed by atoms with van der Waals surface area (Å²) in [6, 6.07) is 16.9. The predicted octanol–water partition coefficient (Wildman–Crippen LogP) is 7.00. The Labute approximate surface area is 179 Å². The average molecular weight is 432 g/mol. The molecule has 0 atom stereocenters. The first-order valence-corrected chi connectivity index (χ1v) is 10.6. The van der Waals surface area contributed by atoms with Crippen LogP contribution < -0.4 is 4.90 Å². The van der Waals surface area contributed by atoms with Crippen LogP contribution in [0.15, 0.2) is 70.7 Å². The fraction of sp³-hybridized carbons (Fsp3) is 0.304. The van der Waals surface area contributed by atoms with Crippen molar-refractivity contribution in [1.29, 1.82) is 0 Å². The summed E-state index contributed by atoms with van der Waals surface area (Å²) in [5.41, 5.74) is 1.21. The first-order valence-electron chi connectivity index (χ1n) is 9.81. The van der Waals surface area contributed by atoms with Gasteiger partial charge in [-0.2, -0.15) is 13.2 Å². The Hall–Kier alpha value is -2.54. The number of benzene rings is 2. The minimum atomic E-state index is -4.52. The van der Waals surface area contributed by atoms with E-state index in [1.807, 2.05) is 30.0 Å². The topological polar surface area (TPSA) is 29.0 Å². The van der Waals surface area contributed by atoms with Gasteiger partial charge in [0.25, 0.3) is 0 Å². The van der Waals surface area contributed by atoms with Crippen molar-refractivity contribution in [3.05, 3.63) is 71.9 Å². The zero-order valence-corrected chi connectivity index (χ0v) is 18.0. The van der Waals surface area contributed by atoms with Crippen LogP contribution in [0, 0.1) is 5.92 Å². The molecule has 0 N–H and O–H groups in total. The molecule has 0 aliphatic rings. The molecule has 30 heavy (non-hydrogen) atoms. The van der Waals surface area contributed by atoms with Gasteiger partial charge in [-0.25, -0.2) is 9.97 Å². The fourth-order valence-electron chi connectivity index (χ4n) is 3.12. The van der Waals surface area contributed by atoms with E-state index in [0.29, 0.717) is 17.4 Å². The molecule has 3 rings (SSSR count). The van der Waals surface area contributed by atoms with Gasteiger partial charge in [0.15, 0.2) is 0 Å². The zero-order chi connectivity index (χ0) is 21.7. The van der Waals surface area contributed by atoms with Crippen molar-refractivity contribution < 1.29 is 13.2 Å². The molecule has 0 radical (unpaired) electrons. The second-order valence-corrected chi connectivity index (χ2v) is 8.38. The standard InChI is InChI=1S/C23H24F3N3S/c1-4-29(18-10-8-9-17(14-18)13-16(2)3)22-27-15-20(23(24,25)26)21(28-22)30-19-11-6-5-7-12-19/h5-12,14-16H,4,13H2,1-3H3. The summed E-state index contributed by atoms with van der Waals surface area (Å²) < 4.78 is 40.7. The fourth-order valence-corrected chi connectivity index (χ4v) is 4.04. The molecule has 3 nitrogen and oxygen atoms in total. The lowest BCUT2D eigenvalue weighted by molar-refractivity contribution is -0.140. The number of anilines is 2. The molecule has 0 amide bonds. The highest BCUT2D eigenvalue weighted by Crippen LogP contribution is 2.39. The molecule has 2 aromatic carbocycles. The van der Waals surface area contributed by atoms with E-state index in [4.69, 9.17) is 0 Å². The second kappa shape index (κ2) is 9.51. The second-order valence-electron chi connectivity index (χ2n) is 7.31. The van der Waals surface area contributed by atoms with Gasteiger partial charge in [-0.1, -0.05) is 55.9 Å². The third kappa shape index (κ3) is 5.53. The molecule has 1 heterocycles. The van der Waals surface area contributed by atoms with Gasteiger partial charge in [0.1, 0.15) is 10.6 Å². The van der Waals surface area contributed by atoms with Gasteiger partial charge >= 0.3 is 6.18 Å². The van der Waals surface area contributed by atoms with Gasteiger partial charge in [-0.3, -0.25) is 0 Å². The molecule has 1 aromatic heterocycles. The summed E-state index contributed by atoms with van der Waals surface area (Å²) in [5.74, 6) is 0.761. The van der Waals surface area contributed by atoms with Crippen LogP contribution in [0.1, 0.15) is 31.9 Å². The largest absolute Gasteiger partial charge is 0.420 e. The number of nitrogens with zero attached hydrogens (tertiary/aromatic N) is 3. The number of hydrogen-bond acceptors (Lipinski definition) is 4. The van der Waals surface area contributed by atoms with Gasteiger partial charge in [0.05, 0.1) is 0 Å². The smallest absolute Gasteiger partial charge is 0.311 e. The van der Waals surface area contributed by atoms with Crippen LogP contribution in [0.5, 0.6) is 0 Å². The van der Waals surface area contributed by atoms with Crippen LogP contribution in [0.4, 0.5) is 24.8 Å². The minimum absolute atomic E-state index is 0.101. The molecule has 0 aliphatic carbocycles. The van der Waals surface area contributed by atoms with Crippen molar-refractivity contribution in [2.45, 2.75) is 43.3 Å². The first-order chi connectivity index (χ1) is 14.3. The third-order valence-electron chi connectivity index (χ3n) is 4.43. The van der Waals surface area contributed by atoms with Crippen LogP contribution in [0.3, 0.4) is 0 Å². The van der Waals surface area contributed by atoms with Gasteiger partial charge < -0.3 is 4.90 Å². The number of alkyl halides is 3. The molecule has 7 heteroatoms. The molecule has 0 saturated carbocycles. The highest BCUT2D eigenvalue weighted by molar-refractivity contribution is 7.99. The lowest BCUT2D eigenvalue weighted by atomic mass is 10.0. The van der Waals surface area contributed by atoms with Crippen LogP contribution in [0.2, 0.25) is 0 Å². The summed E-state index contributed by atoms with van der Waals surface area (Å²) in [6.45, 7) is 6.76. The van der Waals surface area contributed by atoms with E-state index in [-0.39, 0.29) is 11.0 Å². The molecule has 3 aromatic rings. The molecule has 0 aliphatic heterocycles. The molecular weight excluding hydrogens is 407 g/mol. The predicted molar refractivity (Wildman–Crippen MR) is 115 cm³/mol. The third-order valence-corrected chi connectivity index (χ3v) is 5.44. The van der Waals surface area contributed by atoms with E-state index in [9.17, 15) is 13.2 Å². The molecule has 0 saturated heterocycles. The molecule has 0 bridgehead atoms. The Morgan fingerprint density at radius 3 is 2.40 bits per heavy atom. The van der Waals surface area contributed by atoms with E-state index < -0.39 is 11.7 Å². The lowest BCUT2D eigenvalue weighted by Crippen LogP contribution is -2.20. The summed E-state index contributed by atoms with van der Waals surface area (Å²) in [7, 11) is 0. The van der Waals surface area contributed by atoms with E-state index in [1.54, 1.807) is 24.3 Å². The molecular formula is C23H24F3N3S. The monoisotopic (exact) mass is 431 g/mol. The quantitative estimate of drug-likeness (QED) is 0.377. The van der Waals surface area contributed by atoms with E-state index in [0.717, 1.165) is 30.1 Å². The van der Waals surface area contributed by atoms with Crippen LogP contribution >= 0.6 is 11.8 Å². The normalized spacial score (nSPS) is 11.7. The SMILES string of the molecule is CCN(c1cccc(CC(C)C)c1)c1ncc(C(F)(F)F)c(Sc2ccccc2)n1. The first kappa shape index (κ1) is 22.2. The van der Waals surface area contributed by atoms with Crippen molar-refractivity contribution in [2.24, 2.45) is 5.92 Å². The molecule has 0 spiro atoms. The highest BCUT2D eigenvalue weighted by Gasteiger charge is 2.35. The maximum absolute atomic E-state index is 13.6. The maximum atomic E-state index is 13.6. The van der Waals surface area contributed by atoms with Gasteiger partial charge in [0.2, 0.25) is 5.95 Å². The van der Waals surface area contributed by atoms with Gasteiger partial charge in [-0.15, -0.1) is 0 Å². The Morgan fingerprint density at radius 2 is 1.77 bits per heavy atom. The van der Waals surface area contributed by atoms with Crippen molar-refractivity contribution in [3.63, 3.8) is 0 Å². The summed E-state index contributed by atoms with van der Waals surface area (Å²) in [5, 5.41) is -0.101. The summed E-state index contributed by atoms with van der Waals surface area (Å²) in [4.78, 5) is 10.9. The van der Waals surface area contributed by atoms with E-state index in [1.165, 1.54) is 5.56 Å². The maximum Gasteiger partial charge on any atom is 0.420 e. The summed E-state index contributed by atoms with van der Waals surface area (Å²) >= 11 is 0.992. The number of aromatic nitrogens is 2. The Kier molecular flexibility index (Phi) is 7.02. The van der Waals surface area contributed by atoms with Crippen molar-refractivity contribution in [2.75, 3.05) is 11.4 Å². The Bertz CT molecular complexity index is 975. The van der Waals surface area contributed by atoms with Crippen LogP contribution in [-0.2, 0) is 12.6 Å².